The molecule has 3 nitrogen and oxygen atoms in total. The summed E-state index contributed by atoms with van der Waals surface area (Å²) < 4.78 is 0. The maximum atomic E-state index is 12.3. The summed E-state index contributed by atoms with van der Waals surface area (Å²) in [5.74, 6) is 2.00. The number of benzene rings is 1. The number of amides is 1. The van der Waals surface area contributed by atoms with Gasteiger partial charge < -0.3 is 10.6 Å². The fourth-order valence-corrected chi connectivity index (χ4v) is 4.39. The van der Waals surface area contributed by atoms with E-state index in [0.29, 0.717) is 23.6 Å². The SMILES string of the molecule is Cc1ccccc1SCC(=O)N1CC2CCC(N)C2C1.Cl. The van der Waals surface area contributed by atoms with Crippen LogP contribution in [0.3, 0.4) is 0 Å². The van der Waals surface area contributed by atoms with Crippen molar-refractivity contribution in [1.82, 2.24) is 4.90 Å². The van der Waals surface area contributed by atoms with E-state index in [1.54, 1.807) is 11.8 Å². The predicted molar refractivity (Wildman–Crippen MR) is 89.9 cm³/mol. The summed E-state index contributed by atoms with van der Waals surface area (Å²) in [6.45, 7) is 3.89. The number of rotatable bonds is 3. The van der Waals surface area contributed by atoms with Crippen LogP contribution in [-0.2, 0) is 4.79 Å². The summed E-state index contributed by atoms with van der Waals surface area (Å²) in [5, 5.41) is 0. The zero-order valence-corrected chi connectivity index (χ0v) is 14.0. The van der Waals surface area contributed by atoms with E-state index in [9.17, 15) is 4.79 Å². The fourth-order valence-electron chi connectivity index (χ4n) is 3.46. The van der Waals surface area contributed by atoms with Crippen molar-refractivity contribution in [2.45, 2.75) is 30.7 Å². The normalized spacial score (nSPS) is 27.3. The monoisotopic (exact) mass is 326 g/mol. The van der Waals surface area contributed by atoms with Crippen molar-refractivity contribution in [3.8, 4) is 0 Å². The number of fused-ring (bicyclic) bond motifs is 1. The molecule has 3 unspecified atom stereocenters. The molecule has 0 spiro atoms. The third kappa shape index (κ3) is 3.55. The fraction of sp³-hybridized carbons (Fsp3) is 0.562. The summed E-state index contributed by atoms with van der Waals surface area (Å²) in [5.41, 5.74) is 7.37. The number of carbonyl (C=O) groups excluding carboxylic acids is 1. The van der Waals surface area contributed by atoms with Gasteiger partial charge in [0.1, 0.15) is 0 Å². The van der Waals surface area contributed by atoms with Crippen molar-refractivity contribution in [3.63, 3.8) is 0 Å². The second kappa shape index (κ2) is 7.03. The number of likely N-dealkylation sites (tertiary alicyclic amines) is 1. The lowest BCUT2D eigenvalue weighted by Gasteiger charge is -2.18. The predicted octanol–water partition coefficient (Wildman–Crippen LogP) is 2.70. The van der Waals surface area contributed by atoms with Gasteiger partial charge in [0.05, 0.1) is 5.75 Å². The van der Waals surface area contributed by atoms with E-state index < -0.39 is 0 Å². The van der Waals surface area contributed by atoms with Crippen LogP contribution in [0.4, 0.5) is 0 Å². The molecule has 0 bridgehead atoms. The van der Waals surface area contributed by atoms with Crippen molar-refractivity contribution in [1.29, 1.82) is 0 Å². The van der Waals surface area contributed by atoms with Gasteiger partial charge in [0.15, 0.2) is 0 Å². The average Bonchev–Trinajstić information content (AvgIpc) is 3.00. The van der Waals surface area contributed by atoms with Crippen molar-refractivity contribution in [2.75, 3.05) is 18.8 Å². The third-order valence-corrected chi connectivity index (χ3v) is 5.87. The number of thioether (sulfide) groups is 1. The topological polar surface area (TPSA) is 46.3 Å². The molecule has 1 heterocycles. The molecule has 0 radical (unpaired) electrons. The van der Waals surface area contributed by atoms with Gasteiger partial charge in [-0.2, -0.15) is 0 Å². The zero-order valence-electron chi connectivity index (χ0n) is 12.3. The lowest BCUT2D eigenvalue weighted by atomic mass is 9.98. The number of carbonyl (C=O) groups is 1. The Morgan fingerprint density at radius 2 is 2.10 bits per heavy atom. The van der Waals surface area contributed by atoms with Crippen LogP contribution in [-0.4, -0.2) is 35.7 Å². The van der Waals surface area contributed by atoms with Crippen molar-refractivity contribution in [2.24, 2.45) is 17.6 Å². The Labute approximate surface area is 137 Å². The lowest BCUT2D eigenvalue weighted by Crippen LogP contribution is -2.34. The quantitative estimate of drug-likeness (QED) is 0.869. The van der Waals surface area contributed by atoms with Gasteiger partial charge in [0.2, 0.25) is 5.91 Å². The highest BCUT2D eigenvalue weighted by atomic mass is 35.5. The molecule has 3 rings (SSSR count). The van der Waals surface area contributed by atoms with Gasteiger partial charge >= 0.3 is 0 Å². The molecular formula is C16H23ClN2OS. The van der Waals surface area contributed by atoms with E-state index in [2.05, 4.69) is 19.1 Å². The van der Waals surface area contributed by atoms with Crippen molar-refractivity contribution in [3.05, 3.63) is 29.8 Å². The van der Waals surface area contributed by atoms with E-state index in [4.69, 9.17) is 5.73 Å². The van der Waals surface area contributed by atoms with Gasteiger partial charge in [-0.3, -0.25) is 4.79 Å². The summed E-state index contributed by atoms with van der Waals surface area (Å²) in [4.78, 5) is 15.6. The molecule has 2 fully saturated rings. The maximum Gasteiger partial charge on any atom is 0.232 e. The van der Waals surface area contributed by atoms with Gasteiger partial charge in [-0.15, -0.1) is 24.2 Å². The van der Waals surface area contributed by atoms with Crippen molar-refractivity contribution >= 4 is 30.1 Å². The Morgan fingerprint density at radius 1 is 1.33 bits per heavy atom. The smallest absolute Gasteiger partial charge is 0.232 e. The molecule has 1 aromatic carbocycles. The Bertz CT molecular complexity index is 511. The molecular weight excluding hydrogens is 304 g/mol. The number of nitrogens with two attached hydrogens (primary N) is 1. The first kappa shape index (κ1) is 16.7. The van der Waals surface area contributed by atoms with Crippen LogP contribution < -0.4 is 5.73 Å². The van der Waals surface area contributed by atoms with Crippen LogP contribution in [0.5, 0.6) is 0 Å². The average molecular weight is 327 g/mol. The minimum absolute atomic E-state index is 0. The Morgan fingerprint density at radius 3 is 2.81 bits per heavy atom. The Balaban J connectivity index is 0.00000161. The molecule has 1 aromatic rings. The molecule has 1 amide bonds. The number of hydrogen-bond donors (Lipinski definition) is 1. The number of hydrogen-bond acceptors (Lipinski definition) is 3. The van der Waals surface area contributed by atoms with Gasteiger partial charge in [-0.1, -0.05) is 18.2 Å². The zero-order chi connectivity index (χ0) is 14.1. The Hall–Kier alpha value is -0.710. The first-order chi connectivity index (χ1) is 9.65. The van der Waals surface area contributed by atoms with Gasteiger partial charge in [-0.05, 0) is 43.2 Å². The number of halogens is 1. The standard InChI is InChI=1S/C16H22N2OS.ClH/c1-11-4-2-3-5-15(11)20-10-16(19)18-8-12-6-7-14(17)13(12)9-18;/h2-5,12-14H,6-10,17H2,1H3;1H. The summed E-state index contributed by atoms with van der Waals surface area (Å²) in [7, 11) is 0. The van der Waals surface area contributed by atoms with E-state index in [-0.39, 0.29) is 18.3 Å². The Kier molecular flexibility index (Phi) is 5.58. The number of aryl methyl sites for hydroxylation is 1. The molecule has 2 aliphatic rings. The van der Waals surface area contributed by atoms with Crippen LogP contribution in [0.1, 0.15) is 18.4 Å². The lowest BCUT2D eigenvalue weighted by molar-refractivity contribution is -0.127. The minimum atomic E-state index is 0. The molecule has 116 valence electrons. The molecule has 1 saturated heterocycles. The molecule has 3 atom stereocenters. The highest BCUT2D eigenvalue weighted by Crippen LogP contribution is 2.37. The van der Waals surface area contributed by atoms with Crippen LogP contribution >= 0.6 is 24.2 Å². The van der Waals surface area contributed by atoms with Crippen LogP contribution in [0.25, 0.3) is 0 Å². The molecule has 21 heavy (non-hydrogen) atoms. The van der Waals surface area contributed by atoms with Crippen LogP contribution in [0.2, 0.25) is 0 Å². The summed E-state index contributed by atoms with van der Waals surface area (Å²) in [6, 6.07) is 8.54. The van der Waals surface area contributed by atoms with E-state index in [1.165, 1.54) is 16.9 Å². The number of nitrogens with zero attached hydrogens (tertiary/aromatic N) is 1. The molecule has 1 aliphatic heterocycles. The van der Waals surface area contributed by atoms with Crippen LogP contribution in [0, 0.1) is 18.8 Å². The van der Waals surface area contributed by atoms with Gasteiger partial charge in [0.25, 0.3) is 0 Å². The van der Waals surface area contributed by atoms with Gasteiger partial charge in [0, 0.05) is 24.0 Å². The highest BCUT2D eigenvalue weighted by Gasteiger charge is 2.42. The second-order valence-corrected chi connectivity index (χ2v) is 7.04. The van der Waals surface area contributed by atoms with E-state index >= 15 is 0 Å². The first-order valence-electron chi connectivity index (χ1n) is 7.37. The van der Waals surface area contributed by atoms with Crippen molar-refractivity contribution < 1.29 is 4.79 Å². The minimum Gasteiger partial charge on any atom is -0.341 e. The van der Waals surface area contributed by atoms with Crippen LogP contribution in [0.15, 0.2) is 29.2 Å². The largest absolute Gasteiger partial charge is 0.341 e. The first-order valence-corrected chi connectivity index (χ1v) is 8.35. The third-order valence-electron chi connectivity index (χ3n) is 4.71. The summed E-state index contributed by atoms with van der Waals surface area (Å²) in [6.07, 6.45) is 2.33. The second-order valence-electron chi connectivity index (χ2n) is 6.02. The molecule has 2 N–H and O–H groups in total. The van der Waals surface area contributed by atoms with Gasteiger partial charge in [-0.25, -0.2) is 0 Å². The molecule has 5 heteroatoms. The molecule has 0 aromatic heterocycles. The maximum absolute atomic E-state index is 12.3. The molecule has 1 saturated carbocycles. The van der Waals surface area contributed by atoms with E-state index in [1.807, 2.05) is 17.0 Å². The van der Waals surface area contributed by atoms with E-state index in [0.717, 1.165) is 19.5 Å². The molecule has 1 aliphatic carbocycles. The highest BCUT2D eigenvalue weighted by molar-refractivity contribution is 8.00. The summed E-state index contributed by atoms with van der Waals surface area (Å²) >= 11 is 1.65.